The summed E-state index contributed by atoms with van der Waals surface area (Å²) in [4.78, 5) is 21.4. The quantitative estimate of drug-likeness (QED) is 0.288. The Morgan fingerprint density at radius 1 is 1.11 bits per heavy atom. The maximum Gasteiger partial charge on any atom is 0.407 e. The van der Waals surface area contributed by atoms with E-state index >= 15 is 4.39 Å². The second-order valence-electron chi connectivity index (χ2n) is 13.3. The summed E-state index contributed by atoms with van der Waals surface area (Å²) >= 11 is 0. The summed E-state index contributed by atoms with van der Waals surface area (Å²) in [6.45, 7) is 6.51. The number of rotatable bonds is 10. The molecular formula is C36H43F3N6O2. The van der Waals surface area contributed by atoms with Crippen LogP contribution in [0.15, 0.2) is 48.8 Å². The van der Waals surface area contributed by atoms with E-state index in [2.05, 4.69) is 26.7 Å². The first-order valence-electron chi connectivity index (χ1n) is 16.8. The number of hydrogen-bond acceptors (Lipinski definition) is 6. The van der Waals surface area contributed by atoms with E-state index in [0.717, 1.165) is 81.7 Å². The average Bonchev–Trinajstić information content (AvgIpc) is 3.72. The fourth-order valence-electron chi connectivity index (χ4n) is 8.54. The first-order chi connectivity index (χ1) is 22.7. The van der Waals surface area contributed by atoms with E-state index in [1.165, 1.54) is 6.07 Å². The van der Waals surface area contributed by atoms with Crippen LogP contribution < -0.4 is 10.2 Å². The van der Waals surface area contributed by atoms with Crippen molar-refractivity contribution < 1.29 is 22.7 Å². The predicted octanol–water partition coefficient (Wildman–Crippen LogP) is 6.05. The van der Waals surface area contributed by atoms with E-state index in [9.17, 15) is 13.6 Å². The number of aromatic nitrogens is 2. The van der Waals surface area contributed by atoms with Gasteiger partial charge in [-0.15, -0.1) is 0 Å². The van der Waals surface area contributed by atoms with Gasteiger partial charge in [0.1, 0.15) is 35.4 Å². The second-order valence-corrected chi connectivity index (χ2v) is 13.3. The topological polar surface area (TPSA) is 86.4 Å². The number of likely N-dealkylation sites (tertiary alicyclic amines) is 1. The first-order valence-corrected chi connectivity index (χ1v) is 16.8. The van der Waals surface area contributed by atoms with Gasteiger partial charge < -0.3 is 24.4 Å². The molecule has 2 saturated heterocycles. The number of nitrogens with zero attached hydrogens (tertiary/aromatic N) is 5. The third-order valence-electron chi connectivity index (χ3n) is 10.8. The molecule has 0 spiro atoms. The van der Waals surface area contributed by atoms with Crippen LogP contribution in [0, 0.1) is 46.5 Å². The number of benzene rings is 2. The molecule has 11 heteroatoms. The molecule has 2 aromatic carbocycles. The number of carbonyl (C=O) groups excluding carboxylic acids is 1. The number of nitriles is 1. The molecule has 8 nitrogen and oxygen atoms in total. The Hall–Kier alpha value is -4.04. The SMILES string of the molecule is CCc1nccn1C[C@@](c1cccc(F)c1)(C1CCN(CC2CN(c3cc(F)c(C#N)cc3F)C2)CC1)[C@H]1CCC[C@@H]1OC(=O)NC. The summed E-state index contributed by atoms with van der Waals surface area (Å²) < 4.78 is 52.1. The van der Waals surface area contributed by atoms with E-state index in [4.69, 9.17) is 10.00 Å². The molecular weight excluding hydrogens is 605 g/mol. The normalized spacial score (nSPS) is 22.0. The molecule has 250 valence electrons. The average molecular weight is 649 g/mol. The maximum atomic E-state index is 15.0. The van der Waals surface area contributed by atoms with Crippen molar-refractivity contribution in [1.82, 2.24) is 19.8 Å². The van der Waals surface area contributed by atoms with E-state index in [0.29, 0.717) is 25.6 Å². The highest BCUT2D eigenvalue weighted by molar-refractivity contribution is 5.67. The van der Waals surface area contributed by atoms with Crippen molar-refractivity contribution in [1.29, 1.82) is 5.26 Å². The van der Waals surface area contributed by atoms with Crippen LogP contribution in [0.25, 0.3) is 0 Å². The number of ether oxygens (including phenoxy) is 1. The van der Waals surface area contributed by atoms with Crippen LogP contribution in [0.5, 0.6) is 0 Å². The van der Waals surface area contributed by atoms with Crippen LogP contribution in [-0.4, -0.2) is 66.4 Å². The third kappa shape index (κ3) is 6.57. The number of alkyl carbamates (subject to hydrolysis) is 1. The van der Waals surface area contributed by atoms with Crippen molar-refractivity contribution in [2.45, 2.75) is 63.5 Å². The highest BCUT2D eigenvalue weighted by Gasteiger charge is 2.53. The summed E-state index contributed by atoms with van der Waals surface area (Å²) in [5, 5.41) is 11.6. The molecule has 1 aliphatic carbocycles. The van der Waals surface area contributed by atoms with E-state index in [1.807, 2.05) is 23.4 Å². The van der Waals surface area contributed by atoms with Crippen LogP contribution in [0.3, 0.4) is 0 Å². The van der Waals surface area contributed by atoms with Crippen LogP contribution in [0.2, 0.25) is 0 Å². The summed E-state index contributed by atoms with van der Waals surface area (Å²) in [6.07, 6.45) is 8.21. The number of piperidine rings is 1. The monoisotopic (exact) mass is 648 g/mol. The van der Waals surface area contributed by atoms with Gasteiger partial charge in [-0.1, -0.05) is 19.1 Å². The number of halogens is 3. The fraction of sp³-hybridized carbons (Fsp3) is 0.528. The summed E-state index contributed by atoms with van der Waals surface area (Å²) in [5.41, 5.74) is 0.352. The van der Waals surface area contributed by atoms with E-state index in [-0.39, 0.29) is 35.0 Å². The Kier molecular flexibility index (Phi) is 9.78. The largest absolute Gasteiger partial charge is 0.446 e. The van der Waals surface area contributed by atoms with Crippen molar-refractivity contribution in [2.75, 3.05) is 44.7 Å². The van der Waals surface area contributed by atoms with Gasteiger partial charge in [0.2, 0.25) is 0 Å². The Morgan fingerprint density at radius 3 is 2.60 bits per heavy atom. The van der Waals surface area contributed by atoms with E-state index < -0.39 is 23.1 Å². The minimum Gasteiger partial charge on any atom is -0.446 e. The number of nitrogens with one attached hydrogen (secondary N) is 1. The lowest BCUT2D eigenvalue weighted by Gasteiger charge is -2.51. The van der Waals surface area contributed by atoms with E-state index in [1.54, 1.807) is 25.2 Å². The minimum atomic E-state index is -0.705. The number of carbonyl (C=O) groups is 1. The Bertz CT molecular complexity index is 1610. The highest BCUT2D eigenvalue weighted by atomic mass is 19.1. The summed E-state index contributed by atoms with van der Waals surface area (Å²) in [5.74, 6) is -0.0864. The number of aryl methyl sites for hydroxylation is 1. The summed E-state index contributed by atoms with van der Waals surface area (Å²) in [7, 11) is 1.57. The second kappa shape index (κ2) is 14.0. The number of imidazole rings is 1. The van der Waals surface area contributed by atoms with Crippen molar-refractivity contribution in [3.8, 4) is 6.07 Å². The van der Waals surface area contributed by atoms with Crippen LogP contribution in [-0.2, 0) is 23.1 Å². The molecule has 0 bridgehead atoms. The molecule has 1 aromatic heterocycles. The third-order valence-corrected chi connectivity index (χ3v) is 10.8. The fourth-order valence-corrected chi connectivity index (χ4v) is 8.54. The Labute approximate surface area is 274 Å². The standard InChI is InChI=1S/C36H43F3N6O2/c1-3-34-42-12-15-44(34)23-36(27-6-4-7-28(37)17-27,29-8-5-9-33(29)47-35(46)41-2)26-10-13-43(14-11-26)20-24-21-45(22-24)32-18-30(38)25(19-40)16-31(32)39/h4,6-7,12,15-18,24,26,29,33H,3,5,8-11,13-14,20-23H2,1-2H3,(H,41,46)/t29-,33-,36-/m0/s1. The van der Waals surface area contributed by atoms with Crippen molar-refractivity contribution in [2.24, 2.45) is 17.8 Å². The Morgan fingerprint density at radius 2 is 1.89 bits per heavy atom. The molecule has 6 rings (SSSR count). The van der Waals surface area contributed by atoms with Crippen LogP contribution in [0.4, 0.5) is 23.7 Å². The zero-order valence-electron chi connectivity index (χ0n) is 27.1. The lowest BCUT2D eigenvalue weighted by molar-refractivity contribution is 0.00160. The van der Waals surface area contributed by atoms with Gasteiger partial charge in [0.15, 0.2) is 0 Å². The summed E-state index contributed by atoms with van der Waals surface area (Å²) in [6, 6.07) is 10.8. The molecule has 3 heterocycles. The Balaban J connectivity index is 1.23. The van der Waals surface area contributed by atoms with Crippen LogP contribution in [0.1, 0.15) is 56.0 Å². The van der Waals surface area contributed by atoms with Gasteiger partial charge >= 0.3 is 6.09 Å². The lowest BCUT2D eigenvalue weighted by atomic mass is 9.58. The maximum absolute atomic E-state index is 15.0. The predicted molar refractivity (Wildman–Crippen MR) is 172 cm³/mol. The van der Waals surface area contributed by atoms with Gasteiger partial charge in [-0.25, -0.2) is 22.9 Å². The van der Waals surface area contributed by atoms with Gasteiger partial charge in [-0.2, -0.15) is 5.26 Å². The molecule has 3 atom stereocenters. The smallest absolute Gasteiger partial charge is 0.407 e. The molecule has 1 N–H and O–H groups in total. The molecule has 0 unspecified atom stereocenters. The van der Waals surface area contributed by atoms with Crippen molar-refractivity contribution >= 4 is 11.8 Å². The number of anilines is 1. The lowest BCUT2D eigenvalue weighted by Crippen LogP contribution is -2.55. The zero-order valence-corrected chi connectivity index (χ0v) is 27.1. The minimum absolute atomic E-state index is 0.00633. The number of hydrogen-bond donors (Lipinski definition) is 1. The van der Waals surface area contributed by atoms with Crippen molar-refractivity contribution in [3.63, 3.8) is 0 Å². The van der Waals surface area contributed by atoms with Gasteiger partial charge in [-0.3, -0.25) is 0 Å². The molecule has 1 amide bonds. The highest BCUT2D eigenvalue weighted by Crippen LogP contribution is 2.52. The molecule has 1 saturated carbocycles. The first kappa shape index (κ1) is 32.9. The van der Waals surface area contributed by atoms with Gasteiger partial charge in [0.25, 0.3) is 0 Å². The molecule has 3 fully saturated rings. The molecule has 3 aromatic rings. The van der Waals surface area contributed by atoms with Gasteiger partial charge in [0.05, 0.1) is 11.3 Å². The number of amides is 1. The zero-order chi connectivity index (χ0) is 33.1. The van der Waals surface area contributed by atoms with Crippen LogP contribution >= 0.6 is 0 Å². The van der Waals surface area contributed by atoms with Gasteiger partial charge in [-0.05, 0) is 74.9 Å². The molecule has 3 aliphatic rings. The molecule has 2 aliphatic heterocycles. The molecule has 0 radical (unpaired) electrons. The molecule has 47 heavy (non-hydrogen) atoms. The van der Waals surface area contributed by atoms with Gasteiger partial charge in [0, 0.05) is 75.4 Å². The van der Waals surface area contributed by atoms with Crippen molar-refractivity contribution in [3.05, 3.63) is 83.2 Å².